The Bertz CT molecular complexity index is 660. The summed E-state index contributed by atoms with van der Waals surface area (Å²) in [6.07, 6.45) is 0. The number of anilines is 1. The Morgan fingerprint density at radius 1 is 1.04 bits per heavy atom. The predicted octanol–water partition coefficient (Wildman–Crippen LogP) is 5.04. The highest BCUT2D eigenvalue weighted by atomic mass is 32.2. The van der Waals surface area contributed by atoms with Crippen molar-refractivity contribution in [1.82, 2.24) is 0 Å². The van der Waals surface area contributed by atoms with Crippen molar-refractivity contribution < 1.29 is 22.7 Å². The molecule has 2 rings (SSSR count). The molecule has 0 aliphatic carbocycles. The maximum absolute atomic E-state index is 14.0. The molecule has 3 nitrogen and oxygen atoms in total. The van der Waals surface area contributed by atoms with Crippen LogP contribution >= 0.6 is 11.9 Å². The highest BCUT2D eigenvalue weighted by Gasteiger charge is 2.16. The number of carbonyl (C=O) groups excluding carboxylic acids is 1. The summed E-state index contributed by atoms with van der Waals surface area (Å²) in [5.41, 5.74) is -0.345. The Morgan fingerprint density at radius 2 is 1.61 bits per heavy atom. The minimum atomic E-state index is -0.853. The maximum Gasteiger partial charge on any atom is 0.340 e. The molecular formula is C16H16F3NO2S. The average Bonchev–Trinajstić information content (AvgIpc) is 2.57. The van der Waals surface area contributed by atoms with E-state index in [1.165, 1.54) is 24.3 Å². The van der Waals surface area contributed by atoms with Crippen LogP contribution in [-0.2, 0) is 4.74 Å². The molecule has 0 heterocycles. The molecule has 0 bridgehead atoms. The van der Waals surface area contributed by atoms with Crippen molar-refractivity contribution in [2.75, 3.05) is 11.8 Å². The maximum atomic E-state index is 14.0. The second-order valence-corrected chi connectivity index (χ2v) is 4.73. The monoisotopic (exact) mass is 343 g/mol. The van der Waals surface area contributed by atoms with Crippen LogP contribution in [0.4, 0.5) is 18.9 Å². The first-order chi connectivity index (χ1) is 11.0. The van der Waals surface area contributed by atoms with Gasteiger partial charge in [-0.15, -0.1) is 0 Å². The Morgan fingerprint density at radius 3 is 2.17 bits per heavy atom. The van der Waals surface area contributed by atoms with Crippen LogP contribution in [0.1, 0.15) is 24.2 Å². The predicted molar refractivity (Wildman–Crippen MR) is 84.9 cm³/mol. The van der Waals surface area contributed by atoms with E-state index in [1.807, 2.05) is 13.8 Å². The van der Waals surface area contributed by atoms with E-state index < -0.39 is 23.4 Å². The van der Waals surface area contributed by atoms with Crippen LogP contribution in [0.25, 0.3) is 0 Å². The van der Waals surface area contributed by atoms with Gasteiger partial charge in [-0.25, -0.2) is 18.0 Å². The van der Waals surface area contributed by atoms with E-state index in [0.29, 0.717) is 11.9 Å². The lowest BCUT2D eigenvalue weighted by atomic mass is 10.2. The van der Waals surface area contributed by atoms with E-state index >= 15 is 0 Å². The van der Waals surface area contributed by atoms with Gasteiger partial charge in [0.05, 0.1) is 23.3 Å². The van der Waals surface area contributed by atoms with Crippen LogP contribution in [0.2, 0.25) is 0 Å². The van der Waals surface area contributed by atoms with Crippen molar-refractivity contribution in [3.63, 3.8) is 0 Å². The van der Waals surface area contributed by atoms with Crippen LogP contribution in [-0.4, -0.2) is 13.1 Å². The van der Waals surface area contributed by atoms with Crippen molar-refractivity contribution in [3.8, 4) is 0 Å². The molecule has 0 atom stereocenters. The summed E-state index contributed by atoms with van der Waals surface area (Å²) in [6.45, 7) is 4.00. The van der Waals surface area contributed by atoms with Gasteiger partial charge in [0.15, 0.2) is 5.82 Å². The number of hydrogen-bond acceptors (Lipinski definition) is 4. The molecular weight excluding hydrogens is 327 g/mol. The van der Waals surface area contributed by atoms with E-state index in [0.717, 1.165) is 19.2 Å². The molecule has 0 saturated heterocycles. The number of carbonyl (C=O) groups is 1. The van der Waals surface area contributed by atoms with Gasteiger partial charge in [0, 0.05) is 0 Å². The number of methoxy groups -OCH3 is 1. The molecule has 7 heteroatoms. The third-order valence-electron chi connectivity index (χ3n) is 2.59. The minimum absolute atomic E-state index is 0.0782. The summed E-state index contributed by atoms with van der Waals surface area (Å²) >= 11 is 0.577. The van der Waals surface area contributed by atoms with E-state index in [4.69, 9.17) is 0 Å². The zero-order chi connectivity index (χ0) is 17.4. The second-order valence-electron chi connectivity index (χ2n) is 3.91. The molecule has 2 aromatic rings. The molecule has 0 aromatic heterocycles. The second kappa shape index (κ2) is 9.09. The van der Waals surface area contributed by atoms with Crippen LogP contribution in [0.15, 0.2) is 41.3 Å². The van der Waals surface area contributed by atoms with Crippen LogP contribution in [0.3, 0.4) is 0 Å². The average molecular weight is 343 g/mol. The number of benzene rings is 2. The normalized spacial score (nSPS) is 9.65. The molecule has 0 aliphatic heterocycles. The van der Waals surface area contributed by atoms with Gasteiger partial charge in [0.1, 0.15) is 11.6 Å². The molecule has 2 aromatic carbocycles. The van der Waals surface area contributed by atoms with Crippen molar-refractivity contribution in [2.45, 2.75) is 18.7 Å². The van der Waals surface area contributed by atoms with Gasteiger partial charge in [-0.05, 0) is 36.2 Å². The molecule has 23 heavy (non-hydrogen) atoms. The van der Waals surface area contributed by atoms with Crippen molar-refractivity contribution in [1.29, 1.82) is 0 Å². The fourth-order valence-electron chi connectivity index (χ4n) is 1.56. The lowest BCUT2D eigenvalue weighted by molar-refractivity contribution is 0.0595. The summed E-state index contributed by atoms with van der Waals surface area (Å²) in [5, 5.41) is 0. The molecule has 0 amide bonds. The molecule has 0 saturated carbocycles. The van der Waals surface area contributed by atoms with Gasteiger partial charge in [-0.1, -0.05) is 26.0 Å². The number of ether oxygens (including phenoxy) is 1. The van der Waals surface area contributed by atoms with Crippen molar-refractivity contribution in [2.24, 2.45) is 0 Å². The number of rotatable bonds is 4. The van der Waals surface area contributed by atoms with E-state index in [-0.39, 0.29) is 16.1 Å². The smallest absolute Gasteiger partial charge is 0.340 e. The number of halogens is 3. The summed E-state index contributed by atoms with van der Waals surface area (Å²) < 4.78 is 47.9. The highest BCUT2D eigenvalue weighted by Crippen LogP contribution is 2.28. The molecule has 0 spiro atoms. The third kappa shape index (κ3) is 4.66. The Balaban J connectivity index is 0.00000127. The fraction of sp³-hybridized carbons (Fsp3) is 0.188. The fourth-order valence-corrected chi connectivity index (χ4v) is 2.27. The highest BCUT2D eigenvalue weighted by molar-refractivity contribution is 8.00. The summed E-state index contributed by atoms with van der Waals surface area (Å²) in [6, 6.07) is 7.43. The quantitative estimate of drug-likeness (QED) is 0.624. The molecule has 0 unspecified atom stereocenters. The minimum Gasteiger partial charge on any atom is -0.465 e. The number of nitrogens with one attached hydrogen (secondary N) is 1. The van der Waals surface area contributed by atoms with Gasteiger partial charge in [-0.3, -0.25) is 0 Å². The van der Waals surface area contributed by atoms with Crippen LogP contribution < -0.4 is 4.72 Å². The van der Waals surface area contributed by atoms with Gasteiger partial charge in [-0.2, -0.15) is 0 Å². The summed E-state index contributed by atoms with van der Waals surface area (Å²) in [5.74, 6) is -3.22. The molecule has 1 N–H and O–H groups in total. The molecule has 0 fully saturated rings. The summed E-state index contributed by atoms with van der Waals surface area (Å²) in [7, 11) is 1.13. The lowest BCUT2D eigenvalue weighted by Gasteiger charge is -2.10. The third-order valence-corrected chi connectivity index (χ3v) is 3.50. The van der Waals surface area contributed by atoms with Gasteiger partial charge < -0.3 is 9.46 Å². The lowest BCUT2D eigenvalue weighted by Crippen LogP contribution is -2.06. The Hall–Kier alpha value is -2.15. The largest absolute Gasteiger partial charge is 0.465 e. The van der Waals surface area contributed by atoms with Gasteiger partial charge in [0.2, 0.25) is 0 Å². The first-order valence-electron chi connectivity index (χ1n) is 6.78. The standard InChI is InChI=1S/C14H10F3NO2S.C2H6/c1-20-14(19)8-4-2-7-11(12(8)17)18-21-13-9(15)5-3-6-10(13)16;1-2/h2-7,18H,1H3;1-2H3. The SMILES string of the molecule is CC.COC(=O)c1cccc(NSc2c(F)cccc2F)c1F. The molecule has 124 valence electrons. The van der Waals surface area contributed by atoms with Gasteiger partial charge in [0.25, 0.3) is 0 Å². The zero-order valence-corrected chi connectivity index (χ0v) is 13.6. The van der Waals surface area contributed by atoms with Crippen LogP contribution in [0.5, 0.6) is 0 Å². The van der Waals surface area contributed by atoms with E-state index in [9.17, 15) is 18.0 Å². The van der Waals surface area contributed by atoms with Crippen LogP contribution in [0, 0.1) is 17.5 Å². The van der Waals surface area contributed by atoms with E-state index in [2.05, 4.69) is 9.46 Å². The van der Waals surface area contributed by atoms with E-state index in [1.54, 1.807) is 0 Å². The Kier molecular flexibility index (Phi) is 7.47. The number of hydrogen-bond donors (Lipinski definition) is 1. The molecule has 0 radical (unpaired) electrons. The summed E-state index contributed by atoms with van der Waals surface area (Å²) in [4.78, 5) is 11.1. The first kappa shape index (κ1) is 18.9. The zero-order valence-electron chi connectivity index (χ0n) is 12.8. The van der Waals surface area contributed by atoms with Crippen molar-refractivity contribution >= 4 is 23.6 Å². The Labute approximate surface area is 137 Å². The van der Waals surface area contributed by atoms with Crippen molar-refractivity contribution in [3.05, 3.63) is 59.4 Å². The topological polar surface area (TPSA) is 38.3 Å². The van der Waals surface area contributed by atoms with Gasteiger partial charge >= 0.3 is 5.97 Å². The molecule has 0 aliphatic rings. The number of esters is 1. The first-order valence-corrected chi connectivity index (χ1v) is 7.60.